The van der Waals surface area contributed by atoms with Crippen LogP contribution in [0.1, 0.15) is 65.3 Å². The zero-order valence-electron chi connectivity index (χ0n) is 40.1. The van der Waals surface area contributed by atoms with Gasteiger partial charge in [-0.15, -0.1) is 0 Å². The molecule has 0 atom stereocenters. The van der Waals surface area contributed by atoms with E-state index in [0.29, 0.717) is 5.56 Å². The van der Waals surface area contributed by atoms with E-state index in [2.05, 4.69) is 254 Å². The maximum atomic E-state index is 9.93. The van der Waals surface area contributed by atoms with Crippen molar-refractivity contribution in [1.82, 2.24) is 0 Å². The van der Waals surface area contributed by atoms with E-state index >= 15 is 0 Å². The summed E-state index contributed by atoms with van der Waals surface area (Å²) in [5.41, 5.74) is 21.1. The van der Waals surface area contributed by atoms with E-state index in [9.17, 15) is 5.26 Å². The predicted octanol–water partition coefficient (Wildman–Crippen LogP) is 18.0. The van der Waals surface area contributed by atoms with Gasteiger partial charge in [-0.25, -0.2) is 0 Å². The number of rotatable bonds is 8. The van der Waals surface area contributed by atoms with Gasteiger partial charge in [0, 0.05) is 33.8 Å². The van der Waals surface area contributed by atoms with Crippen LogP contribution in [0.4, 0.5) is 34.1 Å². The standard InChI is InChI=1S/C65H47N3.C2H6/c1-44-26-32-52(33-27-44)68(50-21-10-5-11-22-50)63-42-62-64(58-25-15-14-24-57(58)63)59-39-37-54(41-61(59)65(62,48-17-6-3-7-18-48)49-19-8-4-9-20-49)67(51-34-29-46(43-66)30-35-51)53-36-38-56-55-23-13-12-16-47(55)31-28-45(2)60(56)40-53;1-2/h3-30,32-42H,31H2,1-2H3;1-2H3. The third-order valence-electron chi connectivity index (χ3n) is 14.2. The van der Waals surface area contributed by atoms with Crippen LogP contribution in [0.5, 0.6) is 0 Å². The number of allylic oxidation sites excluding steroid dienone is 2. The van der Waals surface area contributed by atoms with Gasteiger partial charge in [-0.2, -0.15) is 5.26 Å². The lowest BCUT2D eigenvalue weighted by molar-refractivity contribution is 0.769. The zero-order chi connectivity index (χ0) is 47.8. The predicted molar refractivity (Wildman–Crippen MR) is 294 cm³/mol. The van der Waals surface area contributed by atoms with E-state index in [4.69, 9.17) is 0 Å². The highest BCUT2D eigenvalue weighted by Gasteiger charge is 2.48. The fourth-order valence-corrected chi connectivity index (χ4v) is 11.0. The van der Waals surface area contributed by atoms with E-state index in [1.165, 1.54) is 77.5 Å². The van der Waals surface area contributed by atoms with Crippen molar-refractivity contribution in [3.05, 3.63) is 281 Å². The maximum Gasteiger partial charge on any atom is 0.0991 e. The largest absolute Gasteiger partial charge is 0.310 e. The van der Waals surface area contributed by atoms with Crippen molar-refractivity contribution in [3.63, 3.8) is 0 Å². The molecule has 10 aromatic rings. The Bertz CT molecular complexity index is 3560. The fraction of sp³-hybridized carbons (Fsp3) is 0.0896. The number of para-hydroxylation sites is 1. The summed E-state index contributed by atoms with van der Waals surface area (Å²) in [6.45, 7) is 8.38. The lowest BCUT2D eigenvalue weighted by atomic mass is 9.67. The summed E-state index contributed by atoms with van der Waals surface area (Å²) in [7, 11) is 0. The second-order valence-electron chi connectivity index (χ2n) is 18.1. The van der Waals surface area contributed by atoms with Crippen LogP contribution in [-0.2, 0) is 11.8 Å². The van der Waals surface area contributed by atoms with Gasteiger partial charge in [0.15, 0.2) is 0 Å². The minimum Gasteiger partial charge on any atom is -0.310 e. The first-order chi connectivity index (χ1) is 34.5. The summed E-state index contributed by atoms with van der Waals surface area (Å²) in [6.07, 6.45) is 3.25. The fourth-order valence-electron chi connectivity index (χ4n) is 11.0. The molecule has 3 nitrogen and oxygen atoms in total. The Morgan fingerprint density at radius 3 is 1.63 bits per heavy atom. The summed E-state index contributed by atoms with van der Waals surface area (Å²) < 4.78 is 0. The number of benzene rings is 10. The van der Waals surface area contributed by atoms with E-state index in [1.807, 2.05) is 26.0 Å². The van der Waals surface area contributed by atoms with Crippen LogP contribution >= 0.6 is 0 Å². The molecule has 0 N–H and O–H groups in total. The molecule has 0 amide bonds. The highest BCUT2D eigenvalue weighted by molar-refractivity contribution is 6.11. The van der Waals surface area contributed by atoms with Crippen LogP contribution in [0.15, 0.2) is 237 Å². The summed E-state index contributed by atoms with van der Waals surface area (Å²) in [5, 5.41) is 12.3. The molecule has 10 aromatic carbocycles. The van der Waals surface area contributed by atoms with Gasteiger partial charge in [-0.3, -0.25) is 0 Å². The van der Waals surface area contributed by atoms with Crippen molar-refractivity contribution in [1.29, 1.82) is 5.26 Å². The van der Waals surface area contributed by atoms with Crippen molar-refractivity contribution >= 4 is 50.5 Å². The Kier molecular flexibility index (Phi) is 11.5. The summed E-state index contributed by atoms with van der Waals surface area (Å²) in [4.78, 5) is 4.80. The highest BCUT2D eigenvalue weighted by atomic mass is 15.1. The molecule has 0 saturated carbocycles. The third kappa shape index (κ3) is 7.29. The van der Waals surface area contributed by atoms with Gasteiger partial charge in [0.05, 0.1) is 22.7 Å². The molecule has 0 bridgehead atoms. The Morgan fingerprint density at radius 1 is 0.429 bits per heavy atom. The lowest BCUT2D eigenvalue weighted by Gasteiger charge is -2.36. The maximum absolute atomic E-state index is 9.93. The molecule has 0 spiro atoms. The lowest BCUT2D eigenvalue weighted by Crippen LogP contribution is -2.29. The summed E-state index contributed by atoms with van der Waals surface area (Å²) >= 11 is 0. The normalized spacial score (nSPS) is 12.7. The quantitative estimate of drug-likeness (QED) is 0.152. The summed E-state index contributed by atoms with van der Waals surface area (Å²) in [5.74, 6) is 0. The molecule has 70 heavy (non-hydrogen) atoms. The van der Waals surface area contributed by atoms with Crippen LogP contribution in [0.2, 0.25) is 0 Å². The number of anilines is 6. The second-order valence-corrected chi connectivity index (χ2v) is 18.1. The van der Waals surface area contributed by atoms with Crippen LogP contribution in [0.25, 0.3) is 38.6 Å². The van der Waals surface area contributed by atoms with Gasteiger partial charge in [0.2, 0.25) is 0 Å². The van der Waals surface area contributed by atoms with Crippen molar-refractivity contribution in [2.75, 3.05) is 9.80 Å². The molecule has 0 aliphatic heterocycles. The minimum atomic E-state index is -0.718. The molecular weight excluding hydrogens is 847 g/mol. The average Bonchev–Trinajstić information content (AvgIpc) is 3.64. The van der Waals surface area contributed by atoms with Crippen molar-refractivity contribution in [2.45, 2.75) is 39.5 Å². The second kappa shape index (κ2) is 18.4. The van der Waals surface area contributed by atoms with Gasteiger partial charge in [-0.05, 0) is 166 Å². The van der Waals surface area contributed by atoms with E-state index in [1.54, 1.807) is 0 Å². The van der Waals surface area contributed by atoms with Crippen molar-refractivity contribution in [2.24, 2.45) is 0 Å². The number of hydrogen-bond donors (Lipinski definition) is 0. The van der Waals surface area contributed by atoms with E-state index in [0.717, 1.165) is 40.5 Å². The monoisotopic (exact) mass is 899 g/mol. The highest BCUT2D eigenvalue weighted by Crippen LogP contribution is 2.61. The van der Waals surface area contributed by atoms with Gasteiger partial charge in [-0.1, -0.05) is 177 Å². The SMILES string of the molecule is CC.CC1=CCc2ccccc2-c2ccc(N(c3ccc(C#N)cc3)c3ccc4c(c3)C(c3ccccc3)(c3ccccc3)c3cc(N(c5ccccc5)c5ccc(C)cc5)c5ccccc5c3-4)cc21. The topological polar surface area (TPSA) is 30.3 Å². The first-order valence-corrected chi connectivity index (χ1v) is 24.4. The minimum absolute atomic E-state index is 0.625. The Hall–Kier alpha value is -8.71. The number of fused-ring (bicyclic) bond motifs is 8. The molecule has 0 fully saturated rings. The molecule has 0 radical (unpaired) electrons. The average molecular weight is 900 g/mol. The molecule has 2 aliphatic carbocycles. The van der Waals surface area contributed by atoms with Gasteiger partial charge in [0.1, 0.15) is 0 Å². The van der Waals surface area contributed by atoms with Gasteiger partial charge in [0.25, 0.3) is 0 Å². The van der Waals surface area contributed by atoms with Gasteiger partial charge >= 0.3 is 0 Å². The Balaban J connectivity index is 0.00000263. The smallest absolute Gasteiger partial charge is 0.0991 e. The molecule has 0 aromatic heterocycles. The molecular formula is C67H53N3. The first kappa shape index (κ1) is 43.8. The van der Waals surface area contributed by atoms with Crippen LogP contribution < -0.4 is 9.80 Å². The van der Waals surface area contributed by atoms with Crippen LogP contribution in [-0.4, -0.2) is 0 Å². The number of aryl methyl sites for hydroxylation is 1. The number of hydrogen-bond acceptors (Lipinski definition) is 3. The zero-order valence-corrected chi connectivity index (χ0v) is 40.1. The summed E-state index contributed by atoms with van der Waals surface area (Å²) in [6, 6.07) is 86.4. The van der Waals surface area contributed by atoms with Crippen LogP contribution in [0, 0.1) is 18.3 Å². The third-order valence-corrected chi connectivity index (χ3v) is 14.2. The molecule has 12 rings (SSSR count). The van der Waals surface area contributed by atoms with E-state index < -0.39 is 5.41 Å². The molecule has 0 heterocycles. The van der Waals surface area contributed by atoms with Crippen molar-refractivity contribution < 1.29 is 0 Å². The number of nitrogens with zero attached hydrogens (tertiary/aromatic N) is 3. The van der Waals surface area contributed by atoms with Crippen LogP contribution in [0.3, 0.4) is 0 Å². The van der Waals surface area contributed by atoms with E-state index in [-0.39, 0.29) is 0 Å². The Labute approximate surface area is 412 Å². The Morgan fingerprint density at radius 2 is 0.957 bits per heavy atom. The first-order valence-electron chi connectivity index (χ1n) is 24.4. The molecule has 0 unspecified atom stereocenters. The van der Waals surface area contributed by atoms with Gasteiger partial charge < -0.3 is 9.80 Å². The molecule has 2 aliphatic rings. The van der Waals surface area contributed by atoms with Crippen molar-refractivity contribution in [3.8, 4) is 28.3 Å². The molecule has 0 saturated heterocycles. The molecule has 3 heteroatoms. The number of nitriles is 1. The molecule has 336 valence electrons.